The number of carbonyl (C=O) groups excluding carboxylic acids is 1. The molecule has 0 aromatic carbocycles. The van der Waals surface area contributed by atoms with Crippen molar-refractivity contribution in [2.45, 2.75) is 50.5 Å². The molecule has 1 unspecified atom stereocenters. The second-order valence-electron chi connectivity index (χ2n) is 9.15. The number of amides is 1. The number of pyridine rings is 1. The molecular weight excluding hydrogens is 368 g/mol. The van der Waals surface area contributed by atoms with Gasteiger partial charge in [-0.25, -0.2) is 0 Å². The summed E-state index contributed by atoms with van der Waals surface area (Å²) in [5.41, 5.74) is 1.37. The molecule has 1 aliphatic carbocycles. The first kappa shape index (κ1) is 20.6. The molecule has 29 heavy (non-hydrogen) atoms. The van der Waals surface area contributed by atoms with Crippen LogP contribution in [0.1, 0.15) is 53.6 Å². The molecule has 0 saturated carbocycles. The monoisotopic (exact) mass is 402 g/mol. The van der Waals surface area contributed by atoms with Gasteiger partial charge in [-0.3, -0.25) is 14.5 Å². The number of β-amino-alcohol motifs (C(OH)–C–C–N with tert-alkyl or cyclic N) is 1. The van der Waals surface area contributed by atoms with Crippen LogP contribution in [0.4, 0.5) is 0 Å². The van der Waals surface area contributed by atoms with Crippen molar-refractivity contribution in [2.24, 2.45) is 0 Å². The zero-order valence-electron chi connectivity index (χ0n) is 17.6. The molecule has 4 rings (SSSR count). The smallest absolute Gasteiger partial charge is 0.261 e. The SMILES string of the molecule is CN1CCN(CC2(O)CCCN(C(=O)c3c4c(c[nH]c3=O)CCCC4)CC2)CC1. The topological polar surface area (TPSA) is 79.9 Å². The lowest BCUT2D eigenvalue weighted by atomic mass is 9.89. The predicted molar refractivity (Wildman–Crippen MR) is 112 cm³/mol. The summed E-state index contributed by atoms with van der Waals surface area (Å²) in [6, 6.07) is 0. The minimum Gasteiger partial charge on any atom is -0.388 e. The molecule has 3 heterocycles. The number of aromatic amines is 1. The Kier molecular flexibility index (Phi) is 6.08. The van der Waals surface area contributed by atoms with E-state index in [9.17, 15) is 14.7 Å². The van der Waals surface area contributed by atoms with Crippen LogP contribution in [0, 0.1) is 0 Å². The molecule has 1 aromatic rings. The Balaban J connectivity index is 1.45. The molecular formula is C22H34N4O3. The summed E-state index contributed by atoms with van der Waals surface area (Å²) >= 11 is 0. The first-order valence-corrected chi connectivity index (χ1v) is 11.1. The molecule has 2 aliphatic heterocycles. The number of fused-ring (bicyclic) bond motifs is 1. The maximum atomic E-state index is 13.3. The number of likely N-dealkylation sites (N-methyl/N-ethyl adjacent to an activating group) is 1. The Morgan fingerprint density at radius 1 is 1.07 bits per heavy atom. The number of rotatable bonds is 3. The normalized spacial score (nSPS) is 26.8. The van der Waals surface area contributed by atoms with Gasteiger partial charge in [-0.15, -0.1) is 0 Å². The molecule has 0 radical (unpaired) electrons. The van der Waals surface area contributed by atoms with E-state index in [0.29, 0.717) is 38.0 Å². The van der Waals surface area contributed by atoms with Gasteiger partial charge in [0.25, 0.3) is 11.5 Å². The Hall–Kier alpha value is -1.70. The van der Waals surface area contributed by atoms with Gasteiger partial charge in [-0.05, 0) is 63.1 Å². The van der Waals surface area contributed by atoms with E-state index < -0.39 is 5.60 Å². The van der Waals surface area contributed by atoms with Gasteiger partial charge in [0.05, 0.1) is 5.60 Å². The number of H-pyrrole nitrogens is 1. The predicted octanol–water partition coefficient (Wildman–Crippen LogP) is 0.858. The second kappa shape index (κ2) is 8.58. The van der Waals surface area contributed by atoms with Crippen LogP contribution in [-0.2, 0) is 12.8 Å². The van der Waals surface area contributed by atoms with Crippen LogP contribution in [0.5, 0.6) is 0 Å². The third-order valence-corrected chi connectivity index (χ3v) is 6.95. The molecule has 2 fully saturated rings. The van der Waals surface area contributed by atoms with Crippen molar-refractivity contribution >= 4 is 5.91 Å². The zero-order valence-corrected chi connectivity index (χ0v) is 17.6. The van der Waals surface area contributed by atoms with Crippen molar-refractivity contribution in [3.63, 3.8) is 0 Å². The van der Waals surface area contributed by atoms with Crippen LogP contribution >= 0.6 is 0 Å². The highest BCUT2D eigenvalue weighted by atomic mass is 16.3. The van der Waals surface area contributed by atoms with Crippen LogP contribution in [0.3, 0.4) is 0 Å². The summed E-state index contributed by atoms with van der Waals surface area (Å²) in [7, 11) is 2.13. The van der Waals surface area contributed by atoms with Crippen LogP contribution in [0.15, 0.2) is 11.0 Å². The molecule has 1 atom stereocenters. The summed E-state index contributed by atoms with van der Waals surface area (Å²) in [5, 5.41) is 11.2. The molecule has 7 nitrogen and oxygen atoms in total. The van der Waals surface area contributed by atoms with Crippen LogP contribution < -0.4 is 5.56 Å². The lowest BCUT2D eigenvalue weighted by molar-refractivity contribution is -0.0179. The zero-order chi connectivity index (χ0) is 20.4. The number of aromatic nitrogens is 1. The number of carbonyl (C=O) groups is 1. The van der Waals surface area contributed by atoms with Crippen molar-refractivity contribution in [1.29, 1.82) is 0 Å². The van der Waals surface area contributed by atoms with Crippen molar-refractivity contribution in [1.82, 2.24) is 19.7 Å². The summed E-state index contributed by atoms with van der Waals surface area (Å²) in [5.74, 6) is -0.158. The number of piperazine rings is 1. The van der Waals surface area contributed by atoms with E-state index in [0.717, 1.165) is 69.4 Å². The Morgan fingerprint density at radius 3 is 2.62 bits per heavy atom. The van der Waals surface area contributed by atoms with E-state index in [2.05, 4.69) is 21.8 Å². The summed E-state index contributed by atoms with van der Waals surface area (Å²) in [4.78, 5) is 35.0. The molecule has 2 saturated heterocycles. The third kappa shape index (κ3) is 4.57. The van der Waals surface area contributed by atoms with E-state index in [1.54, 1.807) is 11.1 Å². The molecule has 2 N–H and O–H groups in total. The largest absolute Gasteiger partial charge is 0.388 e. The van der Waals surface area contributed by atoms with Gasteiger partial charge in [0, 0.05) is 52.0 Å². The van der Waals surface area contributed by atoms with E-state index in [4.69, 9.17) is 0 Å². The maximum Gasteiger partial charge on any atom is 0.261 e. The first-order chi connectivity index (χ1) is 14.0. The second-order valence-corrected chi connectivity index (χ2v) is 9.15. The fourth-order valence-electron chi connectivity index (χ4n) is 5.08. The molecule has 0 bridgehead atoms. The van der Waals surface area contributed by atoms with Crippen LogP contribution in [0.2, 0.25) is 0 Å². The number of hydrogen-bond donors (Lipinski definition) is 2. The molecule has 1 amide bonds. The van der Waals surface area contributed by atoms with Gasteiger partial charge in [0.15, 0.2) is 0 Å². The Labute approximate surface area is 172 Å². The van der Waals surface area contributed by atoms with Gasteiger partial charge in [-0.2, -0.15) is 0 Å². The van der Waals surface area contributed by atoms with Gasteiger partial charge in [0.2, 0.25) is 0 Å². The number of likely N-dealkylation sites (tertiary alicyclic amines) is 1. The van der Waals surface area contributed by atoms with E-state index in [1.807, 2.05) is 0 Å². The fourth-order valence-corrected chi connectivity index (χ4v) is 5.08. The summed E-state index contributed by atoms with van der Waals surface area (Å²) in [6.07, 6.45) is 7.69. The van der Waals surface area contributed by atoms with Crippen LogP contribution in [0.25, 0.3) is 0 Å². The quantitative estimate of drug-likeness (QED) is 0.784. The molecule has 0 spiro atoms. The number of aryl methyl sites for hydroxylation is 1. The molecule has 160 valence electrons. The number of aliphatic hydroxyl groups is 1. The Morgan fingerprint density at radius 2 is 1.83 bits per heavy atom. The first-order valence-electron chi connectivity index (χ1n) is 11.1. The highest BCUT2D eigenvalue weighted by Crippen LogP contribution is 2.27. The van der Waals surface area contributed by atoms with Crippen molar-refractivity contribution in [3.8, 4) is 0 Å². The summed E-state index contributed by atoms with van der Waals surface area (Å²) in [6.45, 7) is 5.80. The Bertz CT molecular complexity index is 800. The lowest BCUT2D eigenvalue weighted by Gasteiger charge is -2.38. The van der Waals surface area contributed by atoms with Crippen molar-refractivity contribution in [3.05, 3.63) is 33.2 Å². The fraction of sp³-hybridized carbons (Fsp3) is 0.727. The molecule has 1 aromatic heterocycles. The average Bonchev–Trinajstić information content (AvgIpc) is 2.91. The van der Waals surface area contributed by atoms with E-state index in [1.165, 1.54) is 0 Å². The summed E-state index contributed by atoms with van der Waals surface area (Å²) < 4.78 is 0. The number of nitrogens with one attached hydrogen (secondary N) is 1. The number of nitrogens with zero attached hydrogens (tertiary/aromatic N) is 3. The van der Waals surface area contributed by atoms with E-state index in [-0.39, 0.29) is 11.5 Å². The highest BCUT2D eigenvalue weighted by Gasteiger charge is 2.35. The van der Waals surface area contributed by atoms with Gasteiger partial charge < -0.3 is 19.9 Å². The number of hydrogen-bond acceptors (Lipinski definition) is 5. The third-order valence-electron chi connectivity index (χ3n) is 6.95. The standard InChI is InChI=1S/C22H34N4O3/c1-24-11-13-25(14-12-24)16-22(29)7-4-9-26(10-8-22)21(28)19-18-6-3-2-5-17(18)15-23-20(19)27/h15,29H,2-14,16H2,1H3,(H,23,27). The lowest BCUT2D eigenvalue weighted by Crippen LogP contribution is -2.51. The van der Waals surface area contributed by atoms with Crippen molar-refractivity contribution in [2.75, 3.05) is 52.9 Å². The molecule has 3 aliphatic rings. The highest BCUT2D eigenvalue weighted by molar-refractivity contribution is 5.95. The van der Waals surface area contributed by atoms with Crippen LogP contribution in [-0.4, -0.2) is 89.2 Å². The van der Waals surface area contributed by atoms with E-state index >= 15 is 0 Å². The molecule has 7 heteroatoms. The minimum absolute atomic E-state index is 0.158. The van der Waals surface area contributed by atoms with Gasteiger partial charge >= 0.3 is 0 Å². The van der Waals surface area contributed by atoms with Crippen molar-refractivity contribution < 1.29 is 9.90 Å². The van der Waals surface area contributed by atoms with Gasteiger partial charge in [-0.1, -0.05) is 0 Å². The maximum absolute atomic E-state index is 13.3. The van der Waals surface area contributed by atoms with Gasteiger partial charge in [0.1, 0.15) is 5.56 Å². The minimum atomic E-state index is -0.756. The average molecular weight is 403 g/mol.